The van der Waals surface area contributed by atoms with Gasteiger partial charge in [0.2, 0.25) is 6.29 Å². The summed E-state index contributed by atoms with van der Waals surface area (Å²) in [7, 11) is 0. The molecular formula is C15H24O3. The van der Waals surface area contributed by atoms with Gasteiger partial charge in [0, 0.05) is 5.41 Å². The van der Waals surface area contributed by atoms with Crippen molar-refractivity contribution >= 4 is 5.97 Å². The van der Waals surface area contributed by atoms with Crippen LogP contribution in [0.3, 0.4) is 0 Å². The fraction of sp³-hybridized carbons (Fsp3) is 0.933. The molecule has 2 aliphatic carbocycles. The third-order valence-corrected chi connectivity index (χ3v) is 5.89. The predicted octanol–water partition coefficient (Wildman–Crippen LogP) is 2.98. The average molecular weight is 252 g/mol. The van der Waals surface area contributed by atoms with Crippen LogP contribution in [0.15, 0.2) is 0 Å². The molecule has 2 saturated carbocycles. The summed E-state index contributed by atoms with van der Waals surface area (Å²) in [6.45, 7) is 7.01. The number of carbonyl (C=O) groups excluding carboxylic acids is 1. The zero-order chi connectivity index (χ0) is 12.9. The van der Waals surface area contributed by atoms with Crippen molar-refractivity contribution in [2.75, 3.05) is 6.61 Å². The molecule has 0 aromatic rings. The van der Waals surface area contributed by atoms with Gasteiger partial charge in [-0.2, -0.15) is 0 Å². The van der Waals surface area contributed by atoms with E-state index in [1.807, 2.05) is 13.8 Å². The van der Waals surface area contributed by atoms with Gasteiger partial charge >= 0.3 is 5.97 Å². The Hall–Kier alpha value is -0.570. The van der Waals surface area contributed by atoms with E-state index in [2.05, 4.69) is 6.92 Å². The molecule has 6 atom stereocenters. The van der Waals surface area contributed by atoms with E-state index in [0.29, 0.717) is 11.8 Å². The molecule has 0 aromatic heterocycles. The van der Waals surface area contributed by atoms with Crippen LogP contribution in [0.25, 0.3) is 0 Å². The number of esters is 1. The van der Waals surface area contributed by atoms with E-state index in [-0.39, 0.29) is 23.6 Å². The second kappa shape index (κ2) is 4.22. The summed E-state index contributed by atoms with van der Waals surface area (Å²) in [5.74, 6) is 2.02. The molecule has 1 saturated heterocycles. The zero-order valence-electron chi connectivity index (χ0n) is 11.6. The highest BCUT2D eigenvalue weighted by Gasteiger charge is 2.64. The highest BCUT2D eigenvalue weighted by Crippen LogP contribution is 2.64. The molecule has 0 N–H and O–H groups in total. The summed E-state index contributed by atoms with van der Waals surface area (Å²) in [5.41, 5.74) is 0.0893. The van der Waals surface area contributed by atoms with Crippen LogP contribution in [0.5, 0.6) is 0 Å². The molecule has 102 valence electrons. The lowest BCUT2D eigenvalue weighted by atomic mass is 9.68. The van der Waals surface area contributed by atoms with Gasteiger partial charge in [0.05, 0.1) is 12.5 Å². The number of hydrogen-bond donors (Lipinski definition) is 0. The SMILES string of the molecule is CCC(C)C(=O)OC1OCC2C3CCC(C3)C12C. The van der Waals surface area contributed by atoms with Crippen LogP contribution in [0, 0.1) is 29.1 Å². The molecule has 2 bridgehead atoms. The maximum Gasteiger partial charge on any atom is 0.310 e. The van der Waals surface area contributed by atoms with Crippen molar-refractivity contribution in [3.63, 3.8) is 0 Å². The van der Waals surface area contributed by atoms with Crippen LogP contribution in [0.1, 0.15) is 46.5 Å². The molecule has 0 radical (unpaired) electrons. The van der Waals surface area contributed by atoms with Crippen LogP contribution >= 0.6 is 0 Å². The molecule has 0 amide bonds. The molecule has 3 nitrogen and oxygen atoms in total. The first-order valence-corrected chi connectivity index (χ1v) is 7.39. The van der Waals surface area contributed by atoms with Crippen LogP contribution in [-0.2, 0) is 14.3 Å². The van der Waals surface area contributed by atoms with Gasteiger partial charge in [-0.25, -0.2) is 0 Å². The van der Waals surface area contributed by atoms with Crippen molar-refractivity contribution in [2.24, 2.45) is 29.1 Å². The summed E-state index contributed by atoms with van der Waals surface area (Å²) in [4.78, 5) is 12.0. The maximum absolute atomic E-state index is 12.0. The van der Waals surface area contributed by atoms with Gasteiger partial charge in [-0.1, -0.05) is 20.8 Å². The average Bonchev–Trinajstić information content (AvgIpc) is 3.01. The monoisotopic (exact) mass is 252 g/mol. The standard InChI is InChI=1S/C15H24O3/c1-4-9(2)13(16)18-14-15(3)11-6-5-10(7-11)12(15)8-17-14/h9-12,14H,4-8H2,1-3H3. The summed E-state index contributed by atoms with van der Waals surface area (Å²) < 4.78 is 11.5. The van der Waals surface area contributed by atoms with Gasteiger partial charge in [0.1, 0.15) is 0 Å². The number of carbonyl (C=O) groups is 1. The molecule has 3 heteroatoms. The normalized spacial score (nSPS) is 47.1. The Morgan fingerprint density at radius 3 is 3.00 bits per heavy atom. The smallest absolute Gasteiger partial charge is 0.310 e. The van der Waals surface area contributed by atoms with Crippen LogP contribution in [0.4, 0.5) is 0 Å². The second-order valence-electron chi connectivity index (χ2n) is 6.65. The van der Waals surface area contributed by atoms with Gasteiger partial charge < -0.3 is 9.47 Å². The predicted molar refractivity (Wildman–Crippen MR) is 67.7 cm³/mol. The van der Waals surface area contributed by atoms with E-state index in [9.17, 15) is 4.79 Å². The zero-order valence-corrected chi connectivity index (χ0v) is 11.6. The fourth-order valence-electron chi connectivity index (χ4n) is 4.36. The molecule has 3 aliphatic rings. The molecule has 1 heterocycles. The van der Waals surface area contributed by atoms with Gasteiger partial charge in [0.25, 0.3) is 0 Å². The van der Waals surface area contributed by atoms with E-state index < -0.39 is 0 Å². The maximum atomic E-state index is 12.0. The highest BCUT2D eigenvalue weighted by atomic mass is 16.7. The van der Waals surface area contributed by atoms with Gasteiger partial charge in [-0.15, -0.1) is 0 Å². The summed E-state index contributed by atoms with van der Waals surface area (Å²) in [6.07, 6.45) is 4.50. The van der Waals surface area contributed by atoms with Gasteiger partial charge in [-0.05, 0) is 43.4 Å². The topological polar surface area (TPSA) is 35.5 Å². The minimum Gasteiger partial charge on any atom is -0.435 e. The minimum absolute atomic E-state index is 0.0187. The van der Waals surface area contributed by atoms with Crippen LogP contribution in [-0.4, -0.2) is 18.9 Å². The first-order chi connectivity index (χ1) is 8.57. The highest BCUT2D eigenvalue weighted by molar-refractivity contribution is 5.72. The quantitative estimate of drug-likeness (QED) is 0.724. The Balaban J connectivity index is 1.73. The van der Waals surface area contributed by atoms with Crippen molar-refractivity contribution in [1.82, 2.24) is 0 Å². The van der Waals surface area contributed by atoms with Gasteiger partial charge in [-0.3, -0.25) is 4.79 Å². The molecule has 3 fully saturated rings. The molecule has 6 unspecified atom stereocenters. The molecule has 1 aliphatic heterocycles. The Morgan fingerprint density at radius 1 is 1.50 bits per heavy atom. The molecule has 18 heavy (non-hydrogen) atoms. The van der Waals surface area contributed by atoms with Crippen molar-refractivity contribution in [2.45, 2.75) is 52.7 Å². The van der Waals surface area contributed by atoms with Crippen molar-refractivity contribution in [1.29, 1.82) is 0 Å². The fourth-order valence-corrected chi connectivity index (χ4v) is 4.36. The third-order valence-electron chi connectivity index (χ3n) is 5.89. The summed E-state index contributed by atoms with van der Waals surface area (Å²) in [6, 6.07) is 0. The van der Waals surface area contributed by atoms with Crippen molar-refractivity contribution in [3.05, 3.63) is 0 Å². The largest absolute Gasteiger partial charge is 0.435 e. The molecular weight excluding hydrogens is 228 g/mol. The first-order valence-electron chi connectivity index (χ1n) is 7.39. The first kappa shape index (κ1) is 12.5. The minimum atomic E-state index is -0.292. The lowest BCUT2D eigenvalue weighted by Crippen LogP contribution is -2.41. The number of hydrogen-bond acceptors (Lipinski definition) is 3. The Bertz CT molecular complexity index is 354. The van der Waals surface area contributed by atoms with E-state index in [4.69, 9.17) is 9.47 Å². The molecule has 3 rings (SSSR count). The van der Waals surface area contributed by atoms with Crippen LogP contribution in [0.2, 0.25) is 0 Å². The van der Waals surface area contributed by atoms with Crippen molar-refractivity contribution in [3.8, 4) is 0 Å². The van der Waals surface area contributed by atoms with Crippen molar-refractivity contribution < 1.29 is 14.3 Å². The van der Waals surface area contributed by atoms with Gasteiger partial charge in [0.15, 0.2) is 0 Å². The summed E-state index contributed by atoms with van der Waals surface area (Å²) >= 11 is 0. The Labute approximate surface area is 109 Å². The van der Waals surface area contributed by atoms with Crippen LogP contribution < -0.4 is 0 Å². The lowest BCUT2D eigenvalue weighted by Gasteiger charge is -2.37. The second-order valence-corrected chi connectivity index (χ2v) is 6.65. The molecule has 0 spiro atoms. The summed E-state index contributed by atoms with van der Waals surface area (Å²) in [5, 5.41) is 0. The third kappa shape index (κ3) is 1.56. The Kier molecular flexibility index (Phi) is 2.92. The van der Waals surface area contributed by atoms with E-state index in [1.54, 1.807) is 0 Å². The molecule has 0 aromatic carbocycles. The number of fused-ring (bicyclic) bond motifs is 5. The van der Waals surface area contributed by atoms with E-state index in [0.717, 1.165) is 18.9 Å². The number of rotatable bonds is 3. The van der Waals surface area contributed by atoms with E-state index in [1.165, 1.54) is 19.3 Å². The van der Waals surface area contributed by atoms with E-state index >= 15 is 0 Å². The number of ether oxygens (including phenoxy) is 2. The lowest BCUT2D eigenvalue weighted by molar-refractivity contribution is -0.194. The Morgan fingerprint density at radius 2 is 2.28 bits per heavy atom.